The molecular formula is C12H19N5. The van der Waals surface area contributed by atoms with Crippen LogP contribution in [0.3, 0.4) is 0 Å². The van der Waals surface area contributed by atoms with E-state index in [0.29, 0.717) is 17.9 Å². The number of rotatable bonds is 2. The first-order chi connectivity index (χ1) is 7.86. The fourth-order valence-corrected chi connectivity index (χ4v) is 1.57. The predicted octanol–water partition coefficient (Wildman–Crippen LogP) is 1.46. The molecule has 0 saturated heterocycles. The number of H-pyrrole nitrogens is 1. The minimum absolute atomic E-state index is 0.0559. The number of nitrogens with zero attached hydrogens (tertiary/aromatic N) is 2. The van der Waals surface area contributed by atoms with Crippen molar-refractivity contribution in [1.82, 2.24) is 15.0 Å². The number of hydrogen-bond acceptors (Lipinski definition) is 4. The lowest BCUT2D eigenvalue weighted by Gasteiger charge is -2.26. The largest absolute Gasteiger partial charge is 0.384 e. The Balaban J connectivity index is 2.25. The van der Waals surface area contributed by atoms with Crippen LogP contribution >= 0.6 is 0 Å². The normalized spacial score (nSPS) is 14.1. The van der Waals surface area contributed by atoms with Crippen molar-refractivity contribution in [2.24, 2.45) is 11.1 Å². The van der Waals surface area contributed by atoms with Crippen LogP contribution in [0.25, 0.3) is 11.2 Å². The molecule has 0 fully saturated rings. The van der Waals surface area contributed by atoms with Crippen LogP contribution in [0.15, 0.2) is 12.1 Å². The molecular weight excluding hydrogens is 214 g/mol. The number of nitrogen functional groups attached to an aromatic ring is 1. The Bertz CT molecular complexity index is 523. The van der Waals surface area contributed by atoms with E-state index in [1.807, 2.05) is 6.07 Å². The van der Waals surface area contributed by atoms with Gasteiger partial charge in [0.25, 0.3) is 0 Å². The minimum atomic E-state index is 0.0559. The molecule has 2 rings (SSSR count). The second kappa shape index (κ2) is 4.00. The van der Waals surface area contributed by atoms with Crippen LogP contribution in [0.4, 0.5) is 5.82 Å². The van der Waals surface area contributed by atoms with Crippen LogP contribution in [0.2, 0.25) is 0 Å². The van der Waals surface area contributed by atoms with Crippen LogP contribution in [-0.4, -0.2) is 21.0 Å². The lowest BCUT2D eigenvalue weighted by atomic mass is 9.85. The molecule has 1 unspecified atom stereocenters. The molecule has 0 radical (unpaired) electrons. The highest BCUT2D eigenvalue weighted by molar-refractivity contribution is 5.72. The molecule has 0 spiro atoms. The van der Waals surface area contributed by atoms with Crippen molar-refractivity contribution < 1.29 is 0 Å². The monoisotopic (exact) mass is 233 g/mol. The summed E-state index contributed by atoms with van der Waals surface area (Å²) in [6, 6.07) is 3.70. The van der Waals surface area contributed by atoms with Crippen LogP contribution in [0.5, 0.6) is 0 Å². The van der Waals surface area contributed by atoms with Crippen molar-refractivity contribution in [3.05, 3.63) is 18.0 Å². The van der Waals surface area contributed by atoms with E-state index < -0.39 is 0 Å². The summed E-state index contributed by atoms with van der Waals surface area (Å²) in [4.78, 5) is 11.8. The van der Waals surface area contributed by atoms with E-state index in [2.05, 4.69) is 35.7 Å². The molecule has 1 atom stereocenters. The fraction of sp³-hybridized carbons (Fsp3) is 0.500. The Morgan fingerprint density at radius 3 is 2.65 bits per heavy atom. The number of aromatic amines is 1. The maximum Gasteiger partial charge on any atom is 0.179 e. The Morgan fingerprint density at radius 2 is 2.00 bits per heavy atom. The van der Waals surface area contributed by atoms with E-state index in [9.17, 15) is 0 Å². The summed E-state index contributed by atoms with van der Waals surface area (Å²) >= 11 is 0. The van der Waals surface area contributed by atoms with Gasteiger partial charge in [-0.25, -0.2) is 9.97 Å². The SMILES string of the molecule is CC(C)(C)C(N)Cc1nc2nc(N)ccc2[nH]1. The zero-order chi connectivity index (χ0) is 12.6. The van der Waals surface area contributed by atoms with Crippen molar-refractivity contribution in [2.45, 2.75) is 33.2 Å². The number of nitrogens with two attached hydrogens (primary N) is 2. The molecule has 17 heavy (non-hydrogen) atoms. The molecule has 0 saturated carbocycles. The summed E-state index contributed by atoms with van der Waals surface area (Å²) in [5.41, 5.74) is 13.4. The predicted molar refractivity (Wildman–Crippen MR) is 69.4 cm³/mol. The topological polar surface area (TPSA) is 93.6 Å². The maximum atomic E-state index is 6.13. The van der Waals surface area contributed by atoms with Gasteiger partial charge in [0.05, 0.1) is 5.52 Å². The van der Waals surface area contributed by atoms with E-state index in [4.69, 9.17) is 11.5 Å². The van der Waals surface area contributed by atoms with Crippen molar-refractivity contribution in [2.75, 3.05) is 5.73 Å². The van der Waals surface area contributed by atoms with Crippen LogP contribution in [0.1, 0.15) is 26.6 Å². The maximum absolute atomic E-state index is 6.13. The van der Waals surface area contributed by atoms with Crippen LogP contribution in [-0.2, 0) is 6.42 Å². The summed E-state index contributed by atoms with van der Waals surface area (Å²) in [5.74, 6) is 1.34. The number of fused-ring (bicyclic) bond motifs is 1. The minimum Gasteiger partial charge on any atom is -0.384 e. The summed E-state index contributed by atoms with van der Waals surface area (Å²) in [5, 5.41) is 0. The number of hydrogen-bond donors (Lipinski definition) is 3. The van der Waals surface area contributed by atoms with Crippen LogP contribution < -0.4 is 11.5 Å². The average Bonchev–Trinajstić information content (AvgIpc) is 2.57. The molecule has 2 aromatic heterocycles. The van der Waals surface area contributed by atoms with Gasteiger partial charge in [-0.3, -0.25) is 0 Å². The second-order valence-electron chi connectivity index (χ2n) is 5.47. The van der Waals surface area contributed by atoms with E-state index >= 15 is 0 Å². The number of aromatic nitrogens is 3. The van der Waals surface area contributed by atoms with Gasteiger partial charge in [-0.2, -0.15) is 0 Å². The average molecular weight is 233 g/mol. The number of nitrogens with one attached hydrogen (secondary N) is 1. The molecule has 5 N–H and O–H groups in total. The summed E-state index contributed by atoms with van der Waals surface area (Å²) in [6.07, 6.45) is 0.708. The van der Waals surface area contributed by atoms with E-state index in [0.717, 1.165) is 11.3 Å². The highest BCUT2D eigenvalue weighted by Gasteiger charge is 2.22. The van der Waals surface area contributed by atoms with Gasteiger partial charge in [0, 0.05) is 12.5 Å². The van der Waals surface area contributed by atoms with Gasteiger partial charge >= 0.3 is 0 Å². The van der Waals surface area contributed by atoms with Gasteiger partial charge in [0.1, 0.15) is 11.6 Å². The van der Waals surface area contributed by atoms with Crippen LogP contribution in [0, 0.1) is 5.41 Å². The highest BCUT2D eigenvalue weighted by atomic mass is 15.0. The van der Waals surface area contributed by atoms with Gasteiger partial charge < -0.3 is 16.5 Å². The summed E-state index contributed by atoms with van der Waals surface area (Å²) < 4.78 is 0. The quantitative estimate of drug-likeness (QED) is 0.732. The Morgan fingerprint density at radius 1 is 1.29 bits per heavy atom. The first-order valence-corrected chi connectivity index (χ1v) is 5.73. The molecule has 0 aliphatic heterocycles. The van der Waals surface area contributed by atoms with Crippen molar-refractivity contribution >= 4 is 17.0 Å². The lowest BCUT2D eigenvalue weighted by molar-refractivity contribution is 0.315. The summed E-state index contributed by atoms with van der Waals surface area (Å²) in [6.45, 7) is 6.36. The molecule has 0 bridgehead atoms. The van der Waals surface area contributed by atoms with Crippen molar-refractivity contribution in [3.8, 4) is 0 Å². The number of anilines is 1. The molecule has 0 amide bonds. The Hall–Kier alpha value is -1.62. The molecule has 0 aliphatic rings. The molecule has 0 aliphatic carbocycles. The van der Waals surface area contributed by atoms with Gasteiger partial charge in [-0.05, 0) is 17.5 Å². The van der Waals surface area contributed by atoms with Gasteiger partial charge in [-0.15, -0.1) is 0 Å². The number of pyridine rings is 1. The van der Waals surface area contributed by atoms with E-state index in [1.165, 1.54) is 0 Å². The third kappa shape index (κ3) is 2.55. The standard InChI is InChI=1S/C12H19N5/c1-12(2,3)8(13)6-10-15-7-4-5-9(14)16-11(7)17-10/h4-5,8H,6,13H2,1-3H3,(H3,14,15,16,17). The zero-order valence-electron chi connectivity index (χ0n) is 10.5. The number of imidazole rings is 1. The molecule has 0 aromatic carbocycles. The second-order valence-corrected chi connectivity index (χ2v) is 5.47. The molecule has 2 heterocycles. The van der Waals surface area contributed by atoms with Gasteiger partial charge in [0.15, 0.2) is 5.65 Å². The van der Waals surface area contributed by atoms with E-state index in [-0.39, 0.29) is 11.5 Å². The molecule has 92 valence electrons. The van der Waals surface area contributed by atoms with Crippen molar-refractivity contribution in [3.63, 3.8) is 0 Å². The Kier molecular flexibility index (Phi) is 2.79. The third-order valence-electron chi connectivity index (χ3n) is 2.94. The first-order valence-electron chi connectivity index (χ1n) is 5.73. The Labute approximate surface area is 101 Å². The first kappa shape index (κ1) is 11.9. The van der Waals surface area contributed by atoms with Gasteiger partial charge in [-0.1, -0.05) is 20.8 Å². The zero-order valence-corrected chi connectivity index (χ0v) is 10.5. The molecule has 5 nitrogen and oxygen atoms in total. The molecule has 2 aromatic rings. The fourth-order valence-electron chi connectivity index (χ4n) is 1.57. The van der Waals surface area contributed by atoms with Gasteiger partial charge in [0.2, 0.25) is 0 Å². The smallest absolute Gasteiger partial charge is 0.179 e. The summed E-state index contributed by atoms with van der Waals surface area (Å²) in [7, 11) is 0. The highest BCUT2D eigenvalue weighted by Crippen LogP contribution is 2.20. The molecule has 5 heteroatoms. The van der Waals surface area contributed by atoms with Crippen molar-refractivity contribution in [1.29, 1.82) is 0 Å². The van der Waals surface area contributed by atoms with E-state index in [1.54, 1.807) is 6.07 Å². The lowest BCUT2D eigenvalue weighted by Crippen LogP contribution is -2.37. The third-order valence-corrected chi connectivity index (χ3v) is 2.94.